The standard InChI is InChI=1S/C42H45ClN6O5S2/c1-45(2)23-22-36(30-55-37-9-4-3-5-10-37)48(40-21-20-38(56(44,53)54)28-41(40)49(51)52)42(50)32-14-18-35(19-15-32)47-26-24-46(25-27-47)29-33-8-6-7-11-39(33)31-12-16-34(43)17-13-31/h3-21,28,36H,22-27,29-30H2,1-2H3,(H2,44,53,54)/t36-/m1/s1. The van der Waals surface area contributed by atoms with E-state index in [4.69, 9.17) is 16.7 Å². The van der Waals surface area contributed by atoms with E-state index in [1.807, 2.05) is 85.7 Å². The molecule has 0 radical (unpaired) electrons. The van der Waals surface area contributed by atoms with E-state index >= 15 is 0 Å². The van der Waals surface area contributed by atoms with Crippen LogP contribution in [0.3, 0.4) is 0 Å². The largest absolute Gasteiger partial charge is 0.369 e. The summed E-state index contributed by atoms with van der Waals surface area (Å²) in [4.78, 5) is 35.2. The molecule has 1 fully saturated rings. The van der Waals surface area contributed by atoms with Crippen LogP contribution in [0.5, 0.6) is 0 Å². The van der Waals surface area contributed by atoms with Crippen molar-refractivity contribution in [3.63, 3.8) is 0 Å². The van der Waals surface area contributed by atoms with Crippen LogP contribution in [-0.4, -0.2) is 87.7 Å². The second kappa shape index (κ2) is 18.5. The lowest BCUT2D eigenvalue weighted by Gasteiger charge is -2.36. The minimum Gasteiger partial charge on any atom is -0.369 e. The Hall–Kier alpha value is -4.76. The lowest BCUT2D eigenvalue weighted by molar-refractivity contribution is -0.384. The van der Waals surface area contributed by atoms with Gasteiger partial charge in [0.1, 0.15) is 5.69 Å². The summed E-state index contributed by atoms with van der Waals surface area (Å²) in [5.41, 5.74) is 4.39. The summed E-state index contributed by atoms with van der Waals surface area (Å²) < 4.78 is 24.4. The highest BCUT2D eigenvalue weighted by Crippen LogP contribution is 2.36. The van der Waals surface area contributed by atoms with Crippen LogP contribution >= 0.6 is 23.4 Å². The van der Waals surface area contributed by atoms with E-state index in [-0.39, 0.29) is 5.69 Å². The van der Waals surface area contributed by atoms with Gasteiger partial charge in [-0.1, -0.05) is 66.2 Å². The first-order valence-electron chi connectivity index (χ1n) is 18.3. The molecule has 5 aromatic carbocycles. The Morgan fingerprint density at radius 3 is 2.20 bits per heavy atom. The van der Waals surface area contributed by atoms with Crippen LogP contribution in [0, 0.1) is 10.1 Å². The number of hydrogen-bond acceptors (Lipinski definition) is 9. The smallest absolute Gasteiger partial charge is 0.294 e. The van der Waals surface area contributed by atoms with Gasteiger partial charge in [-0.25, -0.2) is 13.6 Å². The fourth-order valence-corrected chi connectivity index (χ4v) is 8.54. The number of nitro groups is 1. The first-order valence-corrected chi connectivity index (χ1v) is 21.2. The molecule has 0 aliphatic carbocycles. The number of amides is 1. The number of primary sulfonamides is 1. The molecule has 1 aliphatic rings. The van der Waals surface area contributed by atoms with Gasteiger partial charge in [-0.15, -0.1) is 11.8 Å². The average molecular weight is 813 g/mol. The molecule has 0 spiro atoms. The molecule has 0 bridgehead atoms. The molecule has 11 nitrogen and oxygen atoms in total. The molecule has 2 N–H and O–H groups in total. The van der Waals surface area contributed by atoms with Crippen LogP contribution in [0.15, 0.2) is 131 Å². The summed E-state index contributed by atoms with van der Waals surface area (Å²) in [5, 5.41) is 18.5. The average Bonchev–Trinajstić information content (AvgIpc) is 3.19. The van der Waals surface area contributed by atoms with Crippen LogP contribution in [-0.2, 0) is 16.6 Å². The Bertz CT molecular complexity index is 2230. The van der Waals surface area contributed by atoms with Gasteiger partial charge in [-0.2, -0.15) is 0 Å². The van der Waals surface area contributed by atoms with Gasteiger partial charge in [0.2, 0.25) is 10.0 Å². The van der Waals surface area contributed by atoms with E-state index in [1.54, 1.807) is 23.9 Å². The van der Waals surface area contributed by atoms with Crippen LogP contribution in [0.1, 0.15) is 22.3 Å². The second-order valence-corrected chi connectivity index (χ2v) is 17.1. The Kier molecular flexibility index (Phi) is 13.5. The maximum absolute atomic E-state index is 14.7. The van der Waals surface area contributed by atoms with Crippen molar-refractivity contribution in [3.8, 4) is 11.1 Å². The van der Waals surface area contributed by atoms with Crippen molar-refractivity contribution in [2.45, 2.75) is 28.8 Å². The van der Waals surface area contributed by atoms with Gasteiger partial charge in [-0.3, -0.25) is 24.7 Å². The lowest BCUT2D eigenvalue weighted by Crippen LogP contribution is -2.46. The van der Waals surface area contributed by atoms with Crippen molar-refractivity contribution in [3.05, 3.63) is 148 Å². The number of anilines is 2. The number of halogens is 1. The third-order valence-electron chi connectivity index (χ3n) is 9.83. The molecule has 5 aromatic rings. The van der Waals surface area contributed by atoms with Gasteiger partial charge < -0.3 is 9.80 Å². The Morgan fingerprint density at radius 1 is 0.893 bits per heavy atom. The fraction of sp³-hybridized carbons (Fsp3) is 0.262. The first kappa shape index (κ1) is 40.9. The number of hydrogen-bond donors (Lipinski definition) is 1. The SMILES string of the molecule is CN(C)CC[C@H](CSc1ccccc1)N(C(=O)c1ccc(N2CCN(Cc3ccccc3-c3ccc(Cl)cc3)CC2)cc1)c1ccc(S(N)(=O)=O)cc1[N+](=O)[O-]. The highest BCUT2D eigenvalue weighted by molar-refractivity contribution is 7.99. The molecular formula is C42H45ClN6O5S2. The monoisotopic (exact) mass is 812 g/mol. The quantitative estimate of drug-likeness (QED) is 0.0643. The lowest BCUT2D eigenvalue weighted by atomic mass is 9.99. The number of benzene rings is 5. The van der Waals surface area contributed by atoms with Gasteiger partial charge in [0.05, 0.1) is 9.82 Å². The number of rotatable bonds is 15. The predicted octanol–water partition coefficient (Wildman–Crippen LogP) is 7.64. The maximum atomic E-state index is 14.7. The minimum absolute atomic E-state index is 0.00246. The molecule has 6 rings (SSSR count). The van der Waals surface area contributed by atoms with Crippen LogP contribution < -0.4 is 14.9 Å². The second-order valence-electron chi connectivity index (χ2n) is 14.0. The van der Waals surface area contributed by atoms with Gasteiger partial charge in [-0.05, 0) is 104 Å². The zero-order chi connectivity index (χ0) is 39.8. The van der Waals surface area contributed by atoms with E-state index in [0.29, 0.717) is 29.3 Å². The van der Waals surface area contributed by atoms with Gasteiger partial charge in [0, 0.05) is 71.8 Å². The van der Waals surface area contributed by atoms with Crippen molar-refractivity contribution < 1.29 is 18.1 Å². The van der Waals surface area contributed by atoms with Gasteiger partial charge >= 0.3 is 0 Å². The van der Waals surface area contributed by atoms with Crippen LogP contribution in [0.4, 0.5) is 17.1 Å². The number of nitro benzene ring substituents is 1. The van der Waals surface area contributed by atoms with E-state index < -0.39 is 37.5 Å². The van der Waals surface area contributed by atoms with Gasteiger partial charge in [0.25, 0.3) is 11.6 Å². The van der Waals surface area contributed by atoms with E-state index in [2.05, 4.69) is 34.1 Å². The molecule has 14 heteroatoms. The Balaban J connectivity index is 1.23. The van der Waals surface area contributed by atoms with E-state index in [1.165, 1.54) is 28.2 Å². The van der Waals surface area contributed by atoms with E-state index in [0.717, 1.165) is 54.9 Å². The van der Waals surface area contributed by atoms with Gasteiger partial charge in [0.15, 0.2) is 0 Å². The number of carbonyl (C=O) groups is 1. The molecule has 1 heterocycles. The molecule has 1 atom stereocenters. The molecule has 1 aliphatic heterocycles. The molecule has 292 valence electrons. The third-order valence-corrected chi connectivity index (χ3v) is 12.1. The maximum Gasteiger partial charge on any atom is 0.294 e. The summed E-state index contributed by atoms with van der Waals surface area (Å²) in [6.45, 7) is 4.73. The molecule has 0 aromatic heterocycles. The normalized spacial score (nSPS) is 14.1. The first-order chi connectivity index (χ1) is 26.9. The number of sulfonamides is 1. The number of nitrogens with two attached hydrogens (primary N) is 1. The Labute approximate surface area is 337 Å². The van der Waals surface area contributed by atoms with Crippen LogP contribution in [0.25, 0.3) is 11.1 Å². The summed E-state index contributed by atoms with van der Waals surface area (Å²) in [6, 6.07) is 36.4. The van der Waals surface area contributed by atoms with Crippen molar-refractivity contribution in [2.75, 3.05) is 62.4 Å². The molecule has 0 unspecified atom stereocenters. The minimum atomic E-state index is -4.24. The Morgan fingerprint density at radius 2 is 1.55 bits per heavy atom. The van der Waals surface area contributed by atoms with Crippen molar-refractivity contribution in [1.82, 2.24) is 9.80 Å². The summed E-state index contributed by atoms with van der Waals surface area (Å²) >= 11 is 7.69. The van der Waals surface area contributed by atoms with E-state index in [9.17, 15) is 23.3 Å². The summed E-state index contributed by atoms with van der Waals surface area (Å²) in [7, 11) is -0.389. The van der Waals surface area contributed by atoms with Crippen LogP contribution in [0.2, 0.25) is 5.02 Å². The summed E-state index contributed by atoms with van der Waals surface area (Å²) in [5.74, 6) is 0.00844. The fourth-order valence-electron chi connectivity index (χ4n) is 6.83. The zero-order valence-corrected chi connectivity index (χ0v) is 33.7. The molecule has 0 saturated carbocycles. The number of nitrogens with zero attached hydrogens (tertiary/aromatic N) is 5. The molecular weight excluding hydrogens is 768 g/mol. The highest BCUT2D eigenvalue weighted by Gasteiger charge is 2.33. The summed E-state index contributed by atoms with van der Waals surface area (Å²) in [6.07, 6.45) is 0.499. The topological polar surface area (TPSA) is 133 Å². The van der Waals surface area contributed by atoms with Crippen molar-refractivity contribution in [1.29, 1.82) is 0 Å². The highest BCUT2D eigenvalue weighted by atomic mass is 35.5. The predicted molar refractivity (Wildman–Crippen MR) is 226 cm³/mol. The molecule has 1 amide bonds. The number of thioether (sulfide) groups is 1. The number of piperazine rings is 1. The molecule has 56 heavy (non-hydrogen) atoms. The van der Waals surface area contributed by atoms with Crippen molar-refractivity contribution >= 4 is 56.4 Å². The van der Waals surface area contributed by atoms with Crippen molar-refractivity contribution in [2.24, 2.45) is 5.14 Å². The number of carbonyl (C=O) groups excluding carboxylic acids is 1. The molecule has 1 saturated heterocycles. The zero-order valence-electron chi connectivity index (χ0n) is 31.3. The third kappa shape index (κ3) is 10.3.